The van der Waals surface area contributed by atoms with Gasteiger partial charge in [0.15, 0.2) is 0 Å². The van der Waals surface area contributed by atoms with Crippen molar-refractivity contribution in [2.24, 2.45) is 5.73 Å². The molecule has 1 saturated carbocycles. The predicted molar refractivity (Wildman–Crippen MR) is 89.2 cm³/mol. The second-order valence-corrected chi connectivity index (χ2v) is 6.20. The summed E-state index contributed by atoms with van der Waals surface area (Å²) in [6.07, 6.45) is 5.89. The van der Waals surface area contributed by atoms with Crippen molar-refractivity contribution in [1.29, 1.82) is 0 Å². The summed E-state index contributed by atoms with van der Waals surface area (Å²) in [5, 5.41) is 3.00. The number of ether oxygens (including phenoxy) is 1. The fourth-order valence-corrected chi connectivity index (χ4v) is 3.35. The Morgan fingerprint density at radius 2 is 1.83 bits per heavy atom. The summed E-state index contributed by atoms with van der Waals surface area (Å²) in [6, 6.07) is 7.80. The Kier molecular flexibility index (Phi) is 6.02. The molecule has 0 atom stereocenters. The highest BCUT2D eigenvalue weighted by atomic mass is 16.5. The van der Waals surface area contributed by atoms with Crippen molar-refractivity contribution >= 4 is 11.8 Å². The SMILES string of the molecule is COc1ccc(C2(C(=O)NCCCC(N)=O)CCCCC2)cc1. The number of primary amides is 1. The maximum Gasteiger partial charge on any atom is 0.230 e. The highest BCUT2D eigenvalue weighted by molar-refractivity contribution is 5.88. The van der Waals surface area contributed by atoms with Gasteiger partial charge < -0.3 is 15.8 Å². The van der Waals surface area contributed by atoms with Gasteiger partial charge in [0, 0.05) is 13.0 Å². The van der Waals surface area contributed by atoms with Crippen molar-refractivity contribution in [2.75, 3.05) is 13.7 Å². The first-order chi connectivity index (χ1) is 11.1. The third-order valence-corrected chi connectivity index (χ3v) is 4.67. The molecule has 3 N–H and O–H groups in total. The summed E-state index contributed by atoms with van der Waals surface area (Å²) in [5.41, 5.74) is 5.72. The van der Waals surface area contributed by atoms with Crippen molar-refractivity contribution < 1.29 is 14.3 Å². The number of hydrogen-bond donors (Lipinski definition) is 2. The Balaban J connectivity index is 2.10. The number of carbonyl (C=O) groups is 2. The third-order valence-electron chi connectivity index (χ3n) is 4.67. The number of benzene rings is 1. The van der Waals surface area contributed by atoms with Crippen LogP contribution in [0.2, 0.25) is 0 Å². The summed E-state index contributed by atoms with van der Waals surface area (Å²) in [4.78, 5) is 23.6. The molecule has 1 aromatic rings. The zero-order valence-corrected chi connectivity index (χ0v) is 13.8. The maximum atomic E-state index is 12.9. The van der Waals surface area contributed by atoms with Crippen LogP contribution < -0.4 is 15.8 Å². The normalized spacial score (nSPS) is 16.6. The van der Waals surface area contributed by atoms with Crippen molar-refractivity contribution in [3.8, 4) is 5.75 Å². The van der Waals surface area contributed by atoms with Crippen molar-refractivity contribution in [3.05, 3.63) is 29.8 Å². The minimum Gasteiger partial charge on any atom is -0.497 e. The van der Waals surface area contributed by atoms with E-state index in [2.05, 4.69) is 5.32 Å². The molecular weight excluding hydrogens is 292 g/mol. The van der Waals surface area contributed by atoms with E-state index in [1.165, 1.54) is 6.42 Å². The number of amides is 2. The third kappa shape index (κ3) is 4.24. The minimum absolute atomic E-state index is 0.0619. The number of nitrogens with two attached hydrogens (primary N) is 1. The zero-order chi connectivity index (χ0) is 16.7. The van der Waals surface area contributed by atoms with Gasteiger partial charge in [-0.05, 0) is 37.0 Å². The highest BCUT2D eigenvalue weighted by Crippen LogP contribution is 2.40. The highest BCUT2D eigenvalue weighted by Gasteiger charge is 2.40. The van der Waals surface area contributed by atoms with Crippen molar-refractivity contribution in [2.45, 2.75) is 50.4 Å². The monoisotopic (exact) mass is 318 g/mol. The zero-order valence-electron chi connectivity index (χ0n) is 13.8. The van der Waals surface area contributed by atoms with E-state index in [0.29, 0.717) is 19.4 Å². The number of carbonyl (C=O) groups excluding carboxylic acids is 2. The lowest BCUT2D eigenvalue weighted by Gasteiger charge is -2.36. The molecule has 23 heavy (non-hydrogen) atoms. The number of hydrogen-bond acceptors (Lipinski definition) is 3. The topological polar surface area (TPSA) is 81.4 Å². The molecular formula is C18H26N2O3. The van der Waals surface area contributed by atoms with Gasteiger partial charge in [0.25, 0.3) is 0 Å². The van der Waals surface area contributed by atoms with Gasteiger partial charge in [0.2, 0.25) is 11.8 Å². The van der Waals surface area contributed by atoms with Gasteiger partial charge in [-0.25, -0.2) is 0 Å². The summed E-state index contributed by atoms with van der Waals surface area (Å²) >= 11 is 0. The smallest absolute Gasteiger partial charge is 0.230 e. The van der Waals surface area contributed by atoms with E-state index in [1.807, 2.05) is 24.3 Å². The Hall–Kier alpha value is -2.04. The van der Waals surface area contributed by atoms with Crippen LogP contribution in [0.4, 0.5) is 0 Å². The van der Waals surface area contributed by atoms with E-state index in [1.54, 1.807) is 7.11 Å². The molecule has 1 aromatic carbocycles. The Morgan fingerprint density at radius 1 is 1.17 bits per heavy atom. The molecule has 0 spiro atoms. The molecule has 126 valence electrons. The van der Waals surface area contributed by atoms with E-state index in [9.17, 15) is 9.59 Å². The molecule has 0 radical (unpaired) electrons. The molecule has 5 heteroatoms. The second kappa shape index (κ2) is 7.99. The van der Waals surface area contributed by atoms with Crippen molar-refractivity contribution in [3.63, 3.8) is 0 Å². The Morgan fingerprint density at radius 3 is 2.39 bits per heavy atom. The van der Waals surface area contributed by atoms with E-state index < -0.39 is 5.41 Å². The largest absolute Gasteiger partial charge is 0.497 e. The van der Waals surface area contributed by atoms with E-state index in [-0.39, 0.29) is 11.8 Å². The first-order valence-electron chi connectivity index (χ1n) is 8.29. The van der Waals surface area contributed by atoms with Crippen LogP contribution in [-0.4, -0.2) is 25.5 Å². The first kappa shape index (κ1) is 17.3. The summed E-state index contributed by atoms with van der Waals surface area (Å²) < 4.78 is 5.21. The molecule has 0 heterocycles. The molecule has 0 bridgehead atoms. The lowest BCUT2D eigenvalue weighted by molar-refractivity contribution is -0.128. The predicted octanol–water partition coefficient (Wildman–Crippen LogP) is 2.28. The standard InChI is InChI=1S/C18H26N2O3/c1-23-15-9-7-14(8-10-15)18(11-3-2-4-12-18)17(22)20-13-5-6-16(19)21/h7-10H,2-6,11-13H2,1H3,(H2,19,21)(H,20,22). The summed E-state index contributed by atoms with van der Waals surface area (Å²) in [5.74, 6) is 0.523. The molecule has 0 aliphatic heterocycles. The van der Waals surface area contributed by atoms with Gasteiger partial charge in [-0.3, -0.25) is 9.59 Å². The molecule has 0 saturated heterocycles. The molecule has 2 amide bonds. The quantitative estimate of drug-likeness (QED) is 0.757. The molecule has 1 aliphatic rings. The Labute approximate surface area is 137 Å². The molecule has 0 unspecified atom stereocenters. The molecule has 0 aromatic heterocycles. The van der Waals surface area contributed by atoms with Gasteiger partial charge in [0.05, 0.1) is 12.5 Å². The van der Waals surface area contributed by atoms with Gasteiger partial charge in [-0.1, -0.05) is 31.4 Å². The molecule has 5 nitrogen and oxygen atoms in total. The fourth-order valence-electron chi connectivity index (χ4n) is 3.35. The van der Waals surface area contributed by atoms with Gasteiger partial charge >= 0.3 is 0 Å². The van der Waals surface area contributed by atoms with Gasteiger partial charge in [0.1, 0.15) is 5.75 Å². The summed E-state index contributed by atoms with van der Waals surface area (Å²) in [6.45, 7) is 0.486. The number of methoxy groups -OCH3 is 1. The van der Waals surface area contributed by atoms with E-state index >= 15 is 0 Å². The molecule has 1 fully saturated rings. The van der Waals surface area contributed by atoms with Crippen LogP contribution in [0, 0.1) is 0 Å². The summed E-state index contributed by atoms with van der Waals surface area (Å²) in [7, 11) is 1.64. The minimum atomic E-state index is -0.461. The average molecular weight is 318 g/mol. The van der Waals surface area contributed by atoms with Gasteiger partial charge in [-0.2, -0.15) is 0 Å². The van der Waals surface area contributed by atoms with Crippen LogP contribution in [-0.2, 0) is 15.0 Å². The maximum absolute atomic E-state index is 12.9. The molecule has 1 aliphatic carbocycles. The number of nitrogens with one attached hydrogen (secondary N) is 1. The Bertz CT molecular complexity index is 534. The van der Waals surface area contributed by atoms with Crippen LogP contribution >= 0.6 is 0 Å². The first-order valence-corrected chi connectivity index (χ1v) is 8.29. The van der Waals surface area contributed by atoms with Crippen LogP contribution in [0.25, 0.3) is 0 Å². The second-order valence-electron chi connectivity index (χ2n) is 6.20. The van der Waals surface area contributed by atoms with Crippen LogP contribution in [0.1, 0.15) is 50.5 Å². The van der Waals surface area contributed by atoms with Gasteiger partial charge in [-0.15, -0.1) is 0 Å². The lowest BCUT2D eigenvalue weighted by Crippen LogP contribution is -2.46. The van der Waals surface area contributed by atoms with Crippen LogP contribution in [0.15, 0.2) is 24.3 Å². The lowest BCUT2D eigenvalue weighted by atomic mass is 9.68. The van der Waals surface area contributed by atoms with Crippen molar-refractivity contribution in [1.82, 2.24) is 5.32 Å². The molecule has 2 rings (SSSR count). The van der Waals surface area contributed by atoms with Crippen LogP contribution in [0.5, 0.6) is 5.75 Å². The van der Waals surface area contributed by atoms with E-state index in [0.717, 1.165) is 37.0 Å². The average Bonchev–Trinajstić information content (AvgIpc) is 2.59. The number of rotatable bonds is 7. The fraction of sp³-hybridized carbons (Fsp3) is 0.556. The van der Waals surface area contributed by atoms with E-state index in [4.69, 9.17) is 10.5 Å². The van der Waals surface area contributed by atoms with Crippen LogP contribution in [0.3, 0.4) is 0 Å².